The van der Waals surface area contributed by atoms with Crippen LogP contribution in [0, 0.1) is 5.82 Å². The van der Waals surface area contributed by atoms with Gasteiger partial charge in [-0.15, -0.1) is 0 Å². The number of nitrogens with zero attached hydrogens (tertiary/aromatic N) is 2. The maximum absolute atomic E-state index is 13.4. The molecule has 0 radical (unpaired) electrons. The molecule has 0 bridgehead atoms. The molecule has 3 aromatic rings. The van der Waals surface area contributed by atoms with Crippen molar-refractivity contribution in [1.82, 2.24) is 15.1 Å². The standard InChI is InChI=1S/C18H17ClFN5O2/c19-13-7-6-11(10-14(13)20)23-18(27)22-8-3-9-25-16(17(21)26)12-4-1-2-5-15(12)24-25/h1-2,4-7,10H,3,8-9H2,(H2,21,26)(H2,22,23,27). The van der Waals surface area contributed by atoms with Crippen LogP contribution in [0.3, 0.4) is 0 Å². The highest BCUT2D eigenvalue weighted by molar-refractivity contribution is 6.30. The average Bonchev–Trinajstić information content (AvgIpc) is 3.00. The van der Waals surface area contributed by atoms with Gasteiger partial charge in [-0.25, -0.2) is 9.18 Å². The summed E-state index contributed by atoms with van der Waals surface area (Å²) in [5.41, 5.74) is 6.78. The number of anilines is 1. The second-order valence-corrected chi connectivity index (χ2v) is 6.22. The number of nitrogens with two attached hydrogens (primary N) is 1. The summed E-state index contributed by atoms with van der Waals surface area (Å²) in [6.07, 6.45) is 0.524. The van der Waals surface area contributed by atoms with Crippen LogP contribution in [-0.4, -0.2) is 28.3 Å². The molecule has 0 fully saturated rings. The smallest absolute Gasteiger partial charge is 0.319 e. The fourth-order valence-corrected chi connectivity index (χ4v) is 2.80. The maximum Gasteiger partial charge on any atom is 0.319 e. The number of aromatic nitrogens is 2. The monoisotopic (exact) mass is 389 g/mol. The molecule has 0 aliphatic rings. The fraction of sp³-hybridized carbons (Fsp3) is 0.167. The third-order valence-electron chi connectivity index (χ3n) is 3.89. The molecule has 1 aromatic heterocycles. The summed E-state index contributed by atoms with van der Waals surface area (Å²) in [5, 5.41) is 10.2. The Bertz CT molecular complexity index is 1000. The quantitative estimate of drug-likeness (QED) is 0.564. The predicted molar refractivity (Wildman–Crippen MR) is 101 cm³/mol. The summed E-state index contributed by atoms with van der Waals surface area (Å²) in [7, 11) is 0. The number of urea groups is 1. The molecule has 4 N–H and O–H groups in total. The number of fused-ring (bicyclic) bond motifs is 1. The minimum atomic E-state index is -0.612. The van der Waals surface area contributed by atoms with E-state index in [1.54, 1.807) is 16.8 Å². The van der Waals surface area contributed by atoms with Crippen molar-refractivity contribution in [2.24, 2.45) is 5.73 Å². The SMILES string of the molecule is NC(=O)c1c2ccccc2nn1CCCNC(=O)Nc1ccc(Cl)c(F)c1. The van der Waals surface area contributed by atoms with Crippen molar-refractivity contribution in [3.8, 4) is 0 Å². The van der Waals surface area contributed by atoms with Gasteiger partial charge in [-0.2, -0.15) is 5.10 Å². The van der Waals surface area contributed by atoms with E-state index in [9.17, 15) is 14.0 Å². The van der Waals surface area contributed by atoms with E-state index in [2.05, 4.69) is 15.7 Å². The highest BCUT2D eigenvalue weighted by atomic mass is 35.5. The first-order valence-electron chi connectivity index (χ1n) is 8.21. The molecule has 0 saturated heterocycles. The van der Waals surface area contributed by atoms with Crippen molar-refractivity contribution in [2.45, 2.75) is 13.0 Å². The average molecular weight is 390 g/mol. The van der Waals surface area contributed by atoms with E-state index in [0.717, 1.165) is 6.07 Å². The van der Waals surface area contributed by atoms with Gasteiger partial charge in [-0.3, -0.25) is 9.48 Å². The van der Waals surface area contributed by atoms with E-state index < -0.39 is 17.8 Å². The number of rotatable bonds is 6. The van der Waals surface area contributed by atoms with Crippen LogP contribution in [0.4, 0.5) is 14.9 Å². The van der Waals surface area contributed by atoms with Crippen molar-refractivity contribution in [1.29, 1.82) is 0 Å². The van der Waals surface area contributed by atoms with E-state index >= 15 is 0 Å². The Morgan fingerprint density at radius 1 is 1.22 bits per heavy atom. The van der Waals surface area contributed by atoms with Gasteiger partial charge < -0.3 is 16.4 Å². The van der Waals surface area contributed by atoms with Gasteiger partial charge >= 0.3 is 6.03 Å². The van der Waals surface area contributed by atoms with Crippen LogP contribution < -0.4 is 16.4 Å². The topological polar surface area (TPSA) is 102 Å². The number of halogens is 2. The van der Waals surface area contributed by atoms with Crippen LogP contribution in [0.15, 0.2) is 42.5 Å². The van der Waals surface area contributed by atoms with Gasteiger partial charge in [0, 0.05) is 24.2 Å². The highest BCUT2D eigenvalue weighted by Crippen LogP contribution is 2.19. The Kier molecular flexibility index (Phi) is 5.56. The first-order valence-corrected chi connectivity index (χ1v) is 8.59. The normalized spacial score (nSPS) is 10.7. The summed E-state index contributed by atoms with van der Waals surface area (Å²) in [6.45, 7) is 0.735. The Balaban J connectivity index is 1.55. The van der Waals surface area contributed by atoms with E-state index in [0.29, 0.717) is 41.8 Å². The summed E-state index contributed by atoms with van der Waals surface area (Å²) < 4.78 is 14.9. The second kappa shape index (κ2) is 8.05. The zero-order chi connectivity index (χ0) is 19.4. The number of hydrogen-bond donors (Lipinski definition) is 3. The predicted octanol–water partition coefficient (Wildman–Crippen LogP) is 3.14. The van der Waals surface area contributed by atoms with Gasteiger partial charge in [0.15, 0.2) is 0 Å². The molecule has 0 unspecified atom stereocenters. The van der Waals surface area contributed by atoms with Crippen molar-refractivity contribution < 1.29 is 14.0 Å². The zero-order valence-electron chi connectivity index (χ0n) is 14.2. The molecule has 0 spiro atoms. The molecule has 7 nitrogen and oxygen atoms in total. The maximum atomic E-state index is 13.4. The van der Waals surface area contributed by atoms with Gasteiger partial charge in [0.05, 0.1) is 10.5 Å². The summed E-state index contributed by atoms with van der Waals surface area (Å²) in [6, 6.07) is 10.8. The van der Waals surface area contributed by atoms with E-state index in [1.807, 2.05) is 12.1 Å². The lowest BCUT2D eigenvalue weighted by Crippen LogP contribution is -2.30. The molecule has 0 atom stereocenters. The van der Waals surface area contributed by atoms with Crippen LogP contribution >= 0.6 is 11.6 Å². The van der Waals surface area contributed by atoms with Gasteiger partial charge in [-0.1, -0.05) is 29.8 Å². The molecule has 27 heavy (non-hydrogen) atoms. The summed E-state index contributed by atoms with van der Waals surface area (Å²) in [4.78, 5) is 23.6. The molecule has 1 heterocycles. The van der Waals surface area contributed by atoms with Crippen molar-refractivity contribution >= 4 is 40.1 Å². The first-order chi connectivity index (χ1) is 13.0. The Morgan fingerprint density at radius 2 is 2.00 bits per heavy atom. The van der Waals surface area contributed by atoms with Crippen LogP contribution in [0.2, 0.25) is 5.02 Å². The number of aryl methyl sites for hydroxylation is 1. The number of benzene rings is 2. The van der Waals surface area contributed by atoms with Gasteiger partial charge in [-0.05, 0) is 30.7 Å². The number of carbonyl (C=O) groups excluding carboxylic acids is 2. The molecular weight excluding hydrogens is 373 g/mol. The molecule has 0 aliphatic carbocycles. The number of hydrogen-bond acceptors (Lipinski definition) is 3. The van der Waals surface area contributed by atoms with E-state index in [1.165, 1.54) is 12.1 Å². The molecule has 0 aliphatic heterocycles. The van der Waals surface area contributed by atoms with Crippen molar-refractivity contribution in [3.63, 3.8) is 0 Å². The lowest BCUT2D eigenvalue weighted by molar-refractivity contribution is 0.0991. The molecule has 3 amide bonds. The third kappa shape index (κ3) is 4.35. The van der Waals surface area contributed by atoms with Gasteiger partial charge in [0.1, 0.15) is 11.5 Å². The minimum Gasteiger partial charge on any atom is -0.364 e. The van der Waals surface area contributed by atoms with Crippen LogP contribution in [0.1, 0.15) is 16.9 Å². The van der Waals surface area contributed by atoms with Gasteiger partial charge in [0.2, 0.25) is 0 Å². The molecule has 3 rings (SSSR count). The number of carbonyl (C=O) groups is 2. The zero-order valence-corrected chi connectivity index (χ0v) is 15.0. The number of nitrogens with one attached hydrogen (secondary N) is 2. The summed E-state index contributed by atoms with van der Waals surface area (Å²) in [5.74, 6) is -1.17. The molecule has 0 saturated carbocycles. The van der Waals surface area contributed by atoms with Crippen LogP contribution in [-0.2, 0) is 6.54 Å². The third-order valence-corrected chi connectivity index (χ3v) is 4.20. The van der Waals surface area contributed by atoms with Gasteiger partial charge in [0.25, 0.3) is 5.91 Å². The van der Waals surface area contributed by atoms with E-state index in [4.69, 9.17) is 17.3 Å². The fourth-order valence-electron chi connectivity index (χ4n) is 2.68. The lowest BCUT2D eigenvalue weighted by Gasteiger charge is -2.09. The van der Waals surface area contributed by atoms with Crippen LogP contribution in [0.5, 0.6) is 0 Å². The first kappa shape index (κ1) is 18.7. The van der Waals surface area contributed by atoms with Crippen molar-refractivity contribution in [3.05, 3.63) is 59.0 Å². The largest absolute Gasteiger partial charge is 0.364 e. The molecule has 2 aromatic carbocycles. The lowest BCUT2D eigenvalue weighted by atomic mass is 10.2. The highest BCUT2D eigenvalue weighted by Gasteiger charge is 2.15. The second-order valence-electron chi connectivity index (χ2n) is 5.82. The molecule has 9 heteroatoms. The van der Waals surface area contributed by atoms with Crippen LogP contribution in [0.25, 0.3) is 10.9 Å². The number of amides is 3. The Morgan fingerprint density at radius 3 is 2.74 bits per heavy atom. The minimum absolute atomic E-state index is 0.0159. The Labute approximate surface area is 159 Å². The number of primary amides is 1. The Hall–Kier alpha value is -3.13. The summed E-state index contributed by atoms with van der Waals surface area (Å²) >= 11 is 5.60. The molecule has 140 valence electrons. The molecular formula is C18H17ClFN5O2. The van der Waals surface area contributed by atoms with Crippen molar-refractivity contribution in [2.75, 3.05) is 11.9 Å². The van der Waals surface area contributed by atoms with E-state index in [-0.39, 0.29) is 5.02 Å².